The summed E-state index contributed by atoms with van der Waals surface area (Å²) in [6.45, 7) is 0.0278. The number of aliphatic hydroxyl groups is 2. The lowest BCUT2D eigenvalue weighted by atomic mass is 9.89. The molecule has 4 rings (SSSR count). The number of hydrogen-bond donors (Lipinski definition) is 4. The van der Waals surface area contributed by atoms with Gasteiger partial charge in [0.15, 0.2) is 17.2 Å². The first-order chi connectivity index (χ1) is 18.8. The number of fused-ring (bicyclic) bond motifs is 1. The van der Waals surface area contributed by atoms with E-state index in [9.17, 15) is 23.1 Å². The Morgan fingerprint density at radius 2 is 1.90 bits per heavy atom. The van der Waals surface area contributed by atoms with Crippen LogP contribution in [0, 0.1) is 0 Å². The third kappa shape index (κ3) is 5.66. The molecule has 0 radical (unpaired) electrons. The van der Waals surface area contributed by atoms with Gasteiger partial charge in [0.05, 0.1) is 31.5 Å². The Morgan fingerprint density at radius 1 is 1.20 bits per heavy atom. The second kappa shape index (κ2) is 11.1. The van der Waals surface area contributed by atoms with E-state index in [1.807, 2.05) is 0 Å². The number of alkyl halides is 3. The number of nitrogens with one attached hydrogen (secondary N) is 1. The smallest absolute Gasteiger partial charge is 0.424 e. The Kier molecular flexibility index (Phi) is 8.18. The van der Waals surface area contributed by atoms with Crippen LogP contribution in [0.4, 0.5) is 13.2 Å². The summed E-state index contributed by atoms with van der Waals surface area (Å²) < 4.78 is 59.6. The predicted molar refractivity (Wildman–Crippen MR) is 140 cm³/mol. The molecule has 1 aliphatic heterocycles. The molecule has 2 atom stereocenters. The number of rotatable bonds is 9. The highest BCUT2D eigenvalue weighted by Crippen LogP contribution is 2.46. The molecule has 0 spiro atoms. The molecule has 0 saturated carbocycles. The van der Waals surface area contributed by atoms with Gasteiger partial charge in [-0.3, -0.25) is 4.79 Å². The van der Waals surface area contributed by atoms with Crippen LogP contribution in [-0.4, -0.2) is 60.8 Å². The number of benzene rings is 2. The first kappa shape index (κ1) is 29.4. The first-order valence-corrected chi connectivity index (χ1v) is 12.4. The number of nitrogens with two attached hydrogens (primary N) is 1. The summed E-state index contributed by atoms with van der Waals surface area (Å²) in [5.74, 6) is -0.368. The van der Waals surface area contributed by atoms with Gasteiger partial charge in [0, 0.05) is 21.7 Å². The topological polar surface area (TPSA) is 136 Å². The number of halogens is 4. The zero-order valence-electron chi connectivity index (χ0n) is 21.5. The summed E-state index contributed by atoms with van der Waals surface area (Å²) in [6, 6.07) is 11.2. The van der Waals surface area contributed by atoms with Crippen LogP contribution in [0.2, 0.25) is 5.02 Å². The summed E-state index contributed by atoms with van der Waals surface area (Å²) in [6.07, 6.45) is -5.25. The van der Waals surface area contributed by atoms with Crippen LogP contribution in [0.25, 0.3) is 11.3 Å². The maximum Gasteiger partial charge on any atom is 0.424 e. The molecular formula is C27H27ClF3N3O6. The monoisotopic (exact) mass is 581 g/mol. The number of amides is 1. The van der Waals surface area contributed by atoms with Gasteiger partial charge in [-0.25, -0.2) is 4.98 Å². The molecule has 5 N–H and O–H groups in total. The van der Waals surface area contributed by atoms with Crippen molar-refractivity contribution in [3.63, 3.8) is 0 Å². The van der Waals surface area contributed by atoms with E-state index in [4.69, 9.17) is 36.7 Å². The van der Waals surface area contributed by atoms with Crippen molar-refractivity contribution in [1.82, 2.24) is 10.3 Å². The van der Waals surface area contributed by atoms with Crippen molar-refractivity contribution in [3.05, 3.63) is 70.4 Å². The Morgan fingerprint density at radius 3 is 2.52 bits per heavy atom. The van der Waals surface area contributed by atoms with Crippen LogP contribution in [-0.2, 0) is 11.1 Å². The first-order valence-electron chi connectivity index (χ1n) is 12.0. The summed E-state index contributed by atoms with van der Waals surface area (Å²) >= 11 is 5.97. The fourth-order valence-electron chi connectivity index (χ4n) is 4.15. The molecule has 0 saturated heterocycles. The van der Waals surface area contributed by atoms with Crippen molar-refractivity contribution >= 4 is 17.5 Å². The van der Waals surface area contributed by atoms with Crippen molar-refractivity contribution in [2.45, 2.75) is 24.2 Å². The highest BCUT2D eigenvalue weighted by molar-refractivity contribution is 6.30. The van der Waals surface area contributed by atoms with Gasteiger partial charge in [0.1, 0.15) is 18.9 Å². The van der Waals surface area contributed by atoms with Crippen molar-refractivity contribution in [2.75, 3.05) is 33.5 Å². The van der Waals surface area contributed by atoms with Crippen LogP contribution in [0.1, 0.15) is 28.5 Å². The Balaban J connectivity index is 1.71. The average molecular weight is 582 g/mol. The van der Waals surface area contributed by atoms with Crippen LogP contribution < -0.4 is 25.3 Å². The van der Waals surface area contributed by atoms with E-state index < -0.39 is 35.5 Å². The SMILES string of the molecule is COc1cc(C(=O)NCC(O)(c2cc3c(c(-c4ccc(Cl)cc4)n2)OCC3(C)N)C(F)(F)F)ccc1OCCO. The van der Waals surface area contributed by atoms with E-state index in [2.05, 4.69) is 10.3 Å². The third-order valence-electron chi connectivity index (χ3n) is 6.39. The van der Waals surface area contributed by atoms with Gasteiger partial charge in [-0.15, -0.1) is 0 Å². The molecule has 1 aromatic heterocycles. The van der Waals surface area contributed by atoms with Crippen molar-refractivity contribution < 1.29 is 42.4 Å². The normalized spacial score (nSPS) is 17.9. The number of pyridine rings is 1. The molecule has 1 aliphatic rings. The average Bonchev–Trinajstić information content (AvgIpc) is 3.23. The zero-order chi connectivity index (χ0) is 29.3. The second-order valence-corrected chi connectivity index (χ2v) is 9.86. The van der Waals surface area contributed by atoms with E-state index in [1.165, 1.54) is 25.3 Å². The fraction of sp³-hybridized carbons (Fsp3) is 0.333. The molecular weight excluding hydrogens is 555 g/mol. The molecule has 2 unspecified atom stereocenters. The van der Waals surface area contributed by atoms with Crippen LogP contribution in [0.3, 0.4) is 0 Å². The number of carbonyl (C=O) groups is 1. The van der Waals surface area contributed by atoms with E-state index in [-0.39, 0.29) is 53.9 Å². The predicted octanol–water partition coefficient (Wildman–Crippen LogP) is 3.53. The van der Waals surface area contributed by atoms with Gasteiger partial charge in [-0.1, -0.05) is 23.7 Å². The summed E-state index contributed by atoms with van der Waals surface area (Å²) in [5.41, 5.74) is 1.38. The minimum Gasteiger partial charge on any atom is -0.493 e. The number of aliphatic hydroxyl groups excluding tert-OH is 1. The molecule has 3 aromatic rings. The standard InChI is InChI=1S/C27H27ClF3N3O6/c1-25(32)14-40-23-18(25)12-21(34-22(23)15-3-6-17(28)7-4-15)26(37,27(29,30)31)13-33-24(36)16-5-8-19(39-10-9-35)20(11-16)38-2/h3-8,11-12,35,37H,9-10,13-14,32H2,1-2H3,(H,33,36). The highest BCUT2D eigenvalue weighted by atomic mass is 35.5. The van der Waals surface area contributed by atoms with E-state index in [0.717, 1.165) is 6.07 Å². The minimum atomic E-state index is -5.25. The van der Waals surface area contributed by atoms with Crippen molar-refractivity contribution in [3.8, 4) is 28.5 Å². The number of hydrogen-bond acceptors (Lipinski definition) is 8. The maximum atomic E-state index is 14.5. The zero-order valence-corrected chi connectivity index (χ0v) is 22.3. The quantitative estimate of drug-likeness (QED) is 0.301. The van der Waals surface area contributed by atoms with Gasteiger partial charge in [-0.2, -0.15) is 13.2 Å². The minimum absolute atomic E-state index is 0.0188. The van der Waals surface area contributed by atoms with Crippen LogP contribution in [0.5, 0.6) is 17.2 Å². The Bertz CT molecular complexity index is 1400. The molecule has 13 heteroatoms. The summed E-state index contributed by atoms with van der Waals surface area (Å²) in [7, 11) is 1.32. The molecule has 1 amide bonds. The molecule has 0 aliphatic carbocycles. The van der Waals surface area contributed by atoms with Crippen LogP contribution >= 0.6 is 11.6 Å². The summed E-state index contributed by atoms with van der Waals surface area (Å²) in [4.78, 5) is 17.0. The van der Waals surface area contributed by atoms with Crippen molar-refractivity contribution in [1.29, 1.82) is 0 Å². The molecule has 2 heterocycles. The number of ether oxygens (including phenoxy) is 3. The molecule has 40 heavy (non-hydrogen) atoms. The second-order valence-electron chi connectivity index (χ2n) is 9.42. The van der Waals surface area contributed by atoms with Gasteiger partial charge in [0.25, 0.3) is 5.91 Å². The molecule has 0 fully saturated rings. The molecule has 0 bridgehead atoms. The number of carbonyl (C=O) groups excluding carboxylic acids is 1. The lowest BCUT2D eigenvalue weighted by Crippen LogP contribution is -2.51. The number of methoxy groups -OCH3 is 1. The van der Waals surface area contributed by atoms with Crippen LogP contribution in [0.15, 0.2) is 48.5 Å². The fourth-order valence-corrected chi connectivity index (χ4v) is 4.27. The Hall–Kier alpha value is -3.58. The number of nitrogens with zero attached hydrogens (tertiary/aromatic N) is 1. The van der Waals surface area contributed by atoms with E-state index >= 15 is 0 Å². The molecule has 2 aromatic carbocycles. The largest absolute Gasteiger partial charge is 0.493 e. The lowest BCUT2D eigenvalue weighted by Gasteiger charge is -2.31. The highest BCUT2D eigenvalue weighted by Gasteiger charge is 2.57. The Labute approximate surface area is 232 Å². The van der Waals surface area contributed by atoms with E-state index in [1.54, 1.807) is 31.2 Å². The van der Waals surface area contributed by atoms with E-state index in [0.29, 0.717) is 10.6 Å². The van der Waals surface area contributed by atoms with Gasteiger partial charge < -0.3 is 35.5 Å². The number of aromatic nitrogens is 1. The molecule has 9 nitrogen and oxygen atoms in total. The van der Waals surface area contributed by atoms with Gasteiger partial charge >= 0.3 is 6.18 Å². The van der Waals surface area contributed by atoms with Crippen molar-refractivity contribution in [2.24, 2.45) is 5.73 Å². The third-order valence-corrected chi connectivity index (χ3v) is 6.65. The summed E-state index contributed by atoms with van der Waals surface area (Å²) in [5, 5.41) is 22.6. The lowest BCUT2D eigenvalue weighted by molar-refractivity contribution is -0.265. The molecule has 214 valence electrons. The maximum absolute atomic E-state index is 14.5. The van der Waals surface area contributed by atoms with Gasteiger partial charge in [0.2, 0.25) is 5.60 Å². The van der Waals surface area contributed by atoms with Gasteiger partial charge in [-0.05, 0) is 43.3 Å².